The van der Waals surface area contributed by atoms with E-state index in [1.165, 1.54) is 5.57 Å². The van der Waals surface area contributed by atoms with Gasteiger partial charge in [0.05, 0.1) is 0 Å². The van der Waals surface area contributed by atoms with Gasteiger partial charge in [0.1, 0.15) is 5.76 Å². The van der Waals surface area contributed by atoms with E-state index in [2.05, 4.69) is 4.84 Å². The Balaban J connectivity index is 4.10. The molecule has 58 valence electrons. The Hall–Kier alpha value is -0.760. The maximum absolute atomic E-state index is 4.99. The molecule has 0 aliphatic rings. The molecule has 0 aromatic carbocycles. The molecule has 2 heteroatoms. The monoisotopic (exact) mass is 141 g/mol. The van der Waals surface area contributed by atoms with Crippen LogP contribution in [0.3, 0.4) is 0 Å². The van der Waals surface area contributed by atoms with Crippen molar-refractivity contribution < 1.29 is 4.84 Å². The molecule has 0 amide bonds. The van der Waals surface area contributed by atoms with Gasteiger partial charge in [-0.05, 0) is 19.9 Å². The zero-order chi connectivity index (χ0) is 7.98. The lowest BCUT2D eigenvalue weighted by Crippen LogP contribution is -1.97. The van der Waals surface area contributed by atoms with Gasteiger partial charge in [-0.3, -0.25) is 0 Å². The second-order valence-corrected chi connectivity index (χ2v) is 2.11. The lowest BCUT2D eigenvalue weighted by atomic mass is 10.2. The van der Waals surface area contributed by atoms with Crippen LogP contribution in [0.1, 0.15) is 27.2 Å². The highest BCUT2D eigenvalue weighted by molar-refractivity contribution is 5.17. The van der Waals surface area contributed by atoms with Gasteiger partial charge in [0, 0.05) is 6.42 Å². The Bertz CT molecular complexity index is 141. The topological polar surface area (TPSA) is 35.2 Å². The van der Waals surface area contributed by atoms with Crippen molar-refractivity contribution in [2.24, 2.45) is 5.90 Å². The van der Waals surface area contributed by atoms with Crippen molar-refractivity contribution in [1.29, 1.82) is 0 Å². The Morgan fingerprint density at radius 1 is 1.60 bits per heavy atom. The molecule has 2 nitrogen and oxygen atoms in total. The molecule has 0 aliphatic carbocycles. The summed E-state index contributed by atoms with van der Waals surface area (Å²) in [5.41, 5.74) is 1.17. The lowest BCUT2D eigenvalue weighted by molar-refractivity contribution is 0.212. The van der Waals surface area contributed by atoms with E-state index in [1.807, 2.05) is 32.9 Å². The summed E-state index contributed by atoms with van der Waals surface area (Å²) in [7, 11) is 0. The number of hydrogen-bond donors (Lipinski definition) is 1. The van der Waals surface area contributed by atoms with E-state index < -0.39 is 0 Å². The van der Waals surface area contributed by atoms with Crippen LogP contribution in [0.25, 0.3) is 0 Å². The molecule has 0 radical (unpaired) electrons. The normalized spacial score (nSPS) is 13.6. The molecule has 0 unspecified atom stereocenters. The molecule has 0 bridgehead atoms. The summed E-state index contributed by atoms with van der Waals surface area (Å²) >= 11 is 0. The van der Waals surface area contributed by atoms with Crippen molar-refractivity contribution in [2.45, 2.75) is 27.2 Å². The van der Waals surface area contributed by atoms with Gasteiger partial charge in [0.2, 0.25) is 0 Å². The third-order valence-corrected chi connectivity index (χ3v) is 1.34. The molecule has 10 heavy (non-hydrogen) atoms. The van der Waals surface area contributed by atoms with Gasteiger partial charge in [-0.2, -0.15) is 5.90 Å². The third-order valence-electron chi connectivity index (χ3n) is 1.34. The fourth-order valence-electron chi connectivity index (χ4n) is 0.557. The summed E-state index contributed by atoms with van der Waals surface area (Å²) in [4.78, 5) is 4.59. The van der Waals surface area contributed by atoms with Crippen molar-refractivity contribution in [3.8, 4) is 0 Å². The molecular weight excluding hydrogens is 126 g/mol. The predicted molar refractivity (Wildman–Crippen MR) is 43.1 cm³/mol. The second kappa shape index (κ2) is 5.06. The van der Waals surface area contributed by atoms with Gasteiger partial charge in [-0.1, -0.05) is 18.6 Å². The highest BCUT2D eigenvalue weighted by atomic mass is 16.6. The first-order chi connectivity index (χ1) is 4.74. The molecule has 0 spiro atoms. The fourth-order valence-corrected chi connectivity index (χ4v) is 0.557. The number of allylic oxidation sites excluding steroid dienone is 4. The Morgan fingerprint density at radius 2 is 2.20 bits per heavy atom. The van der Waals surface area contributed by atoms with Crippen LogP contribution in [-0.4, -0.2) is 0 Å². The zero-order valence-electron chi connectivity index (χ0n) is 6.85. The molecule has 2 N–H and O–H groups in total. The number of rotatable bonds is 3. The van der Waals surface area contributed by atoms with Crippen molar-refractivity contribution in [1.82, 2.24) is 0 Å². The van der Waals surface area contributed by atoms with Gasteiger partial charge in [-0.25, -0.2) is 0 Å². The Morgan fingerprint density at radius 3 is 2.50 bits per heavy atom. The summed E-state index contributed by atoms with van der Waals surface area (Å²) in [6, 6.07) is 0. The van der Waals surface area contributed by atoms with Crippen molar-refractivity contribution >= 4 is 0 Å². The maximum Gasteiger partial charge on any atom is 0.123 e. The van der Waals surface area contributed by atoms with Crippen LogP contribution < -0.4 is 5.90 Å². The molecular formula is C8H15NO. The van der Waals surface area contributed by atoms with Crippen molar-refractivity contribution in [3.63, 3.8) is 0 Å². The summed E-state index contributed by atoms with van der Waals surface area (Å²) < 4.78 is 0. The van der Waals surface area contributed by atoms with Crippen LogP contribution in [0.2, 0.25) is 0 Å². The van der Waals surface area contributed by atoms with Crippen LogP contribution in [0.15, 0.2) is 23.5 Å². The molecule has 0 heterocycles. The van der Waals surface area contributed by atoms with Gasteiger partial charge in [0.25, 0.3) is 0 Å². The molecule has 0 aliphatic heterocycles. The Labute approximate surface area is 62.3 Å². The van der Waals surface area contributed by atoms with E-state index >= 15 is 0 Å². The average molecular weight is 141 g/mol. The molecule has 0 saturated heterocycles. The molecule has 0 rings (SSSR count). The molecule has 0 fully saturated rings. The highest BCUT2D eigenvalue weighted by Crippen LogP contribution is 2.04. The highest BCUT2D eigenvalue weighted by Gasteiger charge is 1.90. The standard InChI is InChI=1S/C8H15NO/c1-4-7(3)6-8(5-2)10-9/h4,6H,5,9H2,1-3H3/b7-4-,8-6-. The van der Waals surface area contributed by atoms with Crippen molar-refractivity contribution in [3.05, 3.63) is 23.5 Å². The molecule has 0 atom stereocenters. The minimum absolute atomic E-state index is 0.815. The van der Waals surface area contributed by atoms with Crippen LogP contribution in [0, 0.1) is 0 Å². The quantitative estimate of drug-likeness (QED) is 0.371. The number of hydrogen-bond acceptors (Lipinski definition) is 2. The Kier molecular flexibility index (Phi) is 4.67. The summed E-state index contributed by atoms with van der Waals surface area (Å²) in [6.45, 7) is 5.99. The summed E-state index contributed by atoms with van der Waals surface area (Å²) in [6.07, 6.45) is 4.77. The lowest BCUT2D eigenvalue weighted by Gasteiger charge is -2.00. The van der Waals surface area contributed by atoms with Gasteiger partial charge in [-0.15, -0.1) is 0 Å². The van der Waals surface area contributed by atoms with Crippen LogP contribution in [0.5, 0.6) is 0 Å². The van der Waals surface area contributed by atoms with Gasteiger partial charge < -0.3 is 4.84 Å². The molecule has 0 aromatic rings. The first kappa shape index (κ1) is 9.24. The summed E-state index contributed by atoms with van der Waals surface area (Å²) in [5, 5.41) is 0. The number of nitrogens with two attached hydrogens (primary N) is 1. The SMILES string of the molecule is C/C=C(C)\C=C(\CC)ON. The molecule has 0 aromatic heterocycles. The smallest absolute Gasteiger partial charge is 0.123 e. The van der Waals surface area contributed by atoms with Crippen molar-refractivity contribution in [2.75, 3.05) is 0 Å². The van der Waals surface area contributed by atoms with E-state index in [-0.39, 0.29) is 0 Å². The largest absolute Gasteiger partial charge is 0.416 e. The van der Waals surface area contributed by atoms with Gasteiger partial charge in [0.15, 0.2) is 0 Å². The fraction of sp³-hybridized carbons (Fsp3) is 0.500. The predicted octanol–water partition coefficient (Wildman–Crippen LogP) is 2.14. The van der Waals surface area contributed by atoms with Crippen LogP contribution >= 0.6 is 0 Å². The van der Waals surface area contributed by atoms with E-state index in [0.717, 1.165) is 12.2 Å². The van der Waals surface area contributed by atoms with Gasteiger partial charge >= 0.3 is 0 Å². The maximum atomic E-state index is 4.99. The van der Waals surface area contributed by atoms with E-state index in [9.17, 15) is 0 Å². The average Bonchev–Trinajstić information content (AvgIpc) is 1.99. The van der Waals surface area contributed by atoms with E-state index in [1.54, 1.807) is 0 Å². The first-order valence-electron chi connectivity index (χ1n) is 3.44. The third kappa shape index (κ3) is 3.30. The zero-order valence-corrected chi connectivity index (χ0v) is 6.85. The van der Waals surface area contributed by atoms with Crippen LogP contribution in [0.4, 0.5) is 0 Å². The van der Waals surface area contributed by atoms with E-state index in [0.29, 0.717) is 0 Å². The van der Waals surface area contributed by atoms with Crippen LogP contribution in [-0.2, 0) is 4.84 Å². The minimum atomic E-state index is 0.815. The first-order valence-corrected chi connectivity index (χ1v) is 3.44. The summed E-state index contributed by atoms with van der Waals surface area (Å²) in [5.74, 6) is 5.81. The minimum Gasteiger partial charge on any atom is -0.416 e. The molecule has 0 saturated carbocycles. The van der Waals surface area contributed by atoms with E-state index in [4.69, 9.17) is 5.90 Å². The second-order valence-electron chi connectivity index (χ2n) is 2.11.